The van der Waals surface area contributed by atoms with Crippen molar-refractivity contribution in [1.29, 1.82) is 0 Å². The molecule has 1 aromatic carbocycles. The highest BCUT2D eigenvalue weighted by molar-refractivity contribution is 7.07. The van der Waals surface area contributed by atoms with Gasteiger partial charge in [0, 0.05) is 11.1 Å². The molecule has 1 amide bonds. The Kier molecular flexibility index (Phi) is 4.16. The monoisotopic (exact) mass is 276 g/mol. The van der Waals surface area contributed by atoms with Gasteiger partial charge in [0.2, 0.25) is 0 Å². The Bertz CT molecular complexity index is 626. The molecule has 2 rings (SSSR count). The van der Waals surface area contributed by atoms with Crippen molar-refractivity contribution in [2.75, 3.05) is 0 Å². The third kappa shape index (κ3) is 3.32. The number of amides is 1. The molecule has 0 bridgehead atoms. The summed E-state index contributed by atoms with van der Waals surface area (Å²) in [5.41, 5.74) is 2.24. The van der Waals surface area contributed by atoms with E-state index in [1.165, 1.54) is 11.3 Å². The zero-order valence-electron chi connectivity index (χ0n) is 10.9. The van der Waals surface area contributed by atoms with Gasteiger partial charge in [0.05, 0.1) is 6.54 Å². The fraction of sp³-hybridized carbons (Fsp3) is 0.286. The van der Waals surface area contributed by atoms with Crippen LogP contribution in [0.4, 0.5) is 4.79 Å². The predicted molar refractivity (Wildman–Crippen MR) is 75.5 cm³/mol. The van der Waals surface area contributed by atoms with Crippen LogP contribution in [0.5, 0.6) is 0 Å². The molecule has 1 N–H and O–H groups in total. The SMILES string of the molecule is CC(C)c1cs/c(=N/C(=O)O)n1Cc1ccccc1. The Balaban J connectivity index is 2.47. The van der Waals surface area contributed by atoms with Crippen molar-refractivity contribution in [3.05, 3.63) is 51.8 Å². The minimum Gasteiger partial charge on any atom is -0.463 e. The second kappa shape index (κ2) is 5.84. The molecule has 5 heteroatoms. The number of hydrogen-bond acceptors (Lipinski definition) is 2. The van der Waals surface area contributed by atoms with Crippen molar-refractivity contribution >= 4 is 17.4 Å². The normalized spacial score (nSPS) is 12.1. The standard InChI is InChI=1S/C14H16N2O2S/c1-10(2)12-9-19-13(15-14(17)18)16(12)8-11-6-4-3-5-7-11/h3-7,9-10H,8H2,1-2H3,(H,17,18)/b15-13+. The summed E-state index contributed by atoms with van der Waals surface area (Å²) in [4.78, 5) is 15.0. The van der Waals surface area contributed by atoms with Gasteiger partial charge in [-0.3, -0.25) is 0 Å². The van der Waals surface area contributed by atoms with Crippen molar-refractivity contribution in [2.24, 2.45) is 4.99 Å². The van der Waals surface area contributed by atoms with E-state index in [0.29, 0.717) is 17.3 Å². The molecule has 0 aliphatic rings. The van der Waals surface area contributed by atoms with E-state index >= 15 is 0 Å². The van der Waals surface area contributed by atoms with E-state index in [9.17, 15) is 4.79 Å². The number of benzene rings is 1. The quantitative estimate of drug-likeness (QED) is 0.935. The van der Waals surface area contributed by atoms with Gasteiger partial charge >= 0.3 is 6.09 Å². The fourth-order valence-corrected chi connectivity index (χ4v) is 2.95. The minimum absolute atomic E-state index is 0.331. The van der Waals surface area contributed by atoms with Gasteiger partial charge in [-0.2, -0.15) is 0 Å². The number of carboxylic acid groups (broad SMARTS) is 1. The van der Waals surface area contributed by atoms with Crippen LogP contribution in [0.3, 0.4) is 0 Å². The molecule has 0 radical (unpaired) electrons. The third-order valence-corrected chi connectivity index (χ3v) is 3.68. The molecule has 0 unspecified atom stereocenters. The molecule has 4 nitrogen and oxygen atoms in total. The predicted octanol–water partition coefficient (Wildman–Crippen LogP) is 3.30. The molecular weight excluding hydrogens is 260 g/mol. The van der Waals surface area contributed by atoms with E-state index in [1.54, 1.807) is 0 Å². The number of rotatable bonds is 3. The van der Waals surface area contributed by atoms with E-state index < -0.39 is 6.09 Å². The van der Waals surface area contributed by atoms with Gasteiger partial charge in [0.15, 0.2) is 4.80 Å². The van der Waals surface area contributed by atoms with Crippen LogP contribution in [0.25, 0.3) is 0 Å². The lowest BCUT2D eigenvalue weighted by Crippen LogP contribution is -2.20. The third-order valence-electron chi connectivity index (χ3n) is 2.79. The van der Waals surface area contributed by atoms with Crippen LogP contribution >= 0.6 is 11.3 Å². The van der Waals surface area contributed by atoms with E-state index in [1.807, 2.05) is 40.3 Å². The molecule has 100 valence electrons. The van der Waals surface area contributed by atoms with Gasteiger partial charge in [0.25, 0.3) is 0 Å². The van der Waals surface area contributed by atoms with Crippen molar-refractivity contribution < 1.29 is 9.90 Å². The van der Waals surface area contributed by atoms with E-state index in [2.05, 4.69) is 18.8 Å². The number of thiazole rings is 1. The zero-order valence-corrected chi connectivity index (χ0v) is 11.7. The van der Waals surface area contributed by atoms with Crippen molar-refractivity contribution in [3.63, 3.8) is 0 Å². The molecule has 0 atom stereocenters. The smallest absolute Gasteiger partial charge is 0.433 e. The van der Waals surface area contributed by atoms with Crippen LogP contribution in [-0.2, 0) is 6.54 Å². The topological polar surface area (TPSA) is 54.6 Å². The lowest BCUT2D eigenvalue weighted by molar-refractivity contribution is 0.204. The lowest BCUT2D eigenvalue weighted by atomic mass is 10.1. The number of aromatic nitrogens is 1. The minimum atomic E-state index is -1.15. The Hall–Kier alpha value is -1.88. The molecule has 0 saturated carbocycles. The molecule has 0 fully saturated rings. The van der Waals surface area contributed by atoms with Gasteiger partial charge in [0.1, 0.15) is 0 Å². The molecule has 0 aliphatic heterocycles. The van der Waals surface area contributed by atoms with Crippen molar-refractivity contribution in [3.8, 4) is 0 Å². The van der Waals surface area contributed by atoms with E-state index in [4.69, 9.17) is 5.11 Å². The molecular formula is C14H16N2O2S. The Morgan fingerprint density at radius 2 is 2.05 bits per heavy atom. The Morgan fingerprint density at radius 3 is 2.63 bits per heavy atom. The maximum absolute atomic E-state index is 10.8. The van der Waals surface area contributed by atoms with E-state index in [-0.39, 0.29) is 0 Å². The average molecular weight is 276 g/mol. The zero-order chi connectivity index (χ0) is 13.8. The first-order chi connectivity index (χ1) is 9.08. The number of carbonyl (C=O) groups is 1. The fourth-order valence-electron chi connectivity index (χ4n) is 1.89. The summed E-state index contributed by atoms with van der Waals surface area (Å²) < 4.78 is 1.97. The second-order valence-corrected chi connectivity index (χ2v) is 5.40. The van der Waals surface area contributed by atoms with Crippen LogP contribution in [0.2, 0.25) is 0 Å². The van der Waals surface area contributed by atoms with Gasteiger partial charge < -0.3 is 9.67 Å². The number of hydrogen-bond donors (Lipinski definition) is 1. The molecule has 0 spiro atoms. The highest BCUT2D eigenvalue weighted by Crippen LogP contribution is 2.16. The average Bonchev–Trinajstić information content (AvgIpc) is 2.73. The van der Waals surface area contributed by atoms with Gasteiger partial charge in [-0.05, 0) is 11.5 Å². The summed E-state index contributed by atoms with van der Waals surface area (Å²) >= 11 is 1.37. The molecule has 1 aromatic heterocycles. The highest BCUT2D eigenvalue weighted by atomic mass is 32.1. The molecule has 2 aromatic rings. The molecule has 0 saturated heterocycles. The van der Waals surface area contributed by atoms with Crippen LogP contribution in [0.15, 0.2) is 40.7 Å². The first-order valence-corrected chi connectivity index (χ1v) is 6.95. The van der Waals surface area contributed by atoms with Gasteiger partial charge in [-0.1, -0.05) is 44.2 Å². The van der Waals surface area contributed by atoms with Crippen molar-refractivity contribution in [1.82, 2.24) is 4.57 Å². The first-order valence-electron chi connectivity index (χ1n) is 6.07. The van der Waals surface area contributed by atoms with Crippen LogP contribution < -0.4 is 4.80 Å². The van der Waals surface area contributed by atoms with Crippen LogP contribution in [-0.4, -0.2) is 15.8 Å². The largest absolute Gasteiger partial charge is 0.463 e. The first kappa shape index (κ1) is 13.5. The Labute approximate surface area is 115 Å². The van der Waals surface area contributed by atoms with Gasteiger partial charge in [-0.15, -0.1) is 16.3 Å². The van der Waals surface area contributed by atoms with Crippen LogP contribution in [0.1, 0.15) is 31.0 Å². The summed E-state index contributed by atoms with van der Waals surface area (Å²) in [7, 11) is 0. The number of nitrogens with zero attached hydrogens (tertiary/aromatic N) is 2. The Morgan fingerprint density at radius 1 is 1.37 bits per heavy atom. The molecule has 0 aliphatic carbocycles. The second-order valence-electron chi connectivity index (χ2n) is 4.56. The summed E-state index contributed by atoms with van der Waals surface area (Å²) in [5.74, 6) is 0.331. The van der Waals surface area contributed by atoms with Gasteiger partial charge in [-0.25, -0.2) is 4.79 Å². The summed E-state index contributed by atoms with van der Waals surface area (Å²) in [5, 5.41) is 10.8. The summed E-state index contributed by atoms with van der Waals surface area (Å²) in [6, 6.07) is 9.98. The highest BCUT2D eigenvalue weighted by Gasteiger charge is 2.10. The molecule has 1 heterocycles. The van der Waals surface area contributed by atoms with Crippen molar-refractivity contribution in [2.45, 2.75) is 26.3 Å². The maximum Gasteiger partial charge on any atom is 0.433 e. The molecule has 19 heavy (non-hydrogen) atoms. The lowest BCUT2D eigenvalue weighted by Gasteiger charge is -2.11. The maximum atomic E-state index is 10.8. The summed E-state index contributed by atoms with van der Waals surface area (Å²) in [6.45, 7) is 4.83. The summed E-state index contributed by atoms with van der Waals surface area (Å²) in [6.07, 6.45) is -1.15. The van der Waals surface area contributed by atoms with Crippen LogP contribution in [0, 0.1) is 0 Å². The van der Waals surface area contributed by atoms with E-state index in [0.717, 1.165) is 11.3 Å².